The minimum atomic E-state index is -4.09. The van der Waals surface area contributed by atoms with E-state index in [1.807, 2.05) is 0 Å². The summed E-state index contributed by atoms with van der Waals surface area (Å²) in [7, 11) is -4.09. The molecule has 1 rings (SSSR count). The predicted octanol–water partition coefficient (Wildman–Crippen LogP) is -2.70. The van der Waals surface area contributed by atoms with Gasteiger partial charge in [0.2, 0.25) is 11.8 Å². The molecule has 1 fully saturated rings. The van der Waals surface area contributed by atoms with Gasteiger partial charge in [-0.25, -0.2) is 0 Å². The lowest BCUT2D eigenvalue weighted by Gasteiger charge is -2.32. The van der Waals surface area contributed by atoms with Crippen LogP contribution in [0.5, 0.6) is 0 Å². The first kappa shape index (κ1) is 17.3. The van der Waals surface area contributed by atoms with Crippen LogP contribution in [0.2, 0.25) is 0 Å². The van der Waals surface area contributed by atoms with Gasteiger partial charge in [0.15, 0.2) is 0 Å². The molecule has 0 saturated carbocycles. The number of aliphatic carboxylic acids is 1. The Hall–Kier alpha value is -1.72. The lowest BCUT2D eigenvalue weighted by molar-refractivity contribution is -0.143. The maximum Gasteiger partial charge on any atom is 0.306 e. The fourth-order valence-corrected chi connectivity index (χ4v) is 3.64. The van der Waals surface area contributed by atoms with Crippen molar-refractivity contribution in [3.8, 4) is 0 Å². The Morgan fingerprint density at radius 3 is 1.86 bits per heavy atom. The van der Waals surface area contributed by atoms with Crippen molar-refractivity contribution in [3.63, 3.8) is 0 Å². The Morgan fingerprint density at radius 2 is 1.52 bits per heavy atom. The second kappa shape index (κ2) is 6.83. The van der Waals surface area contributed by atoms with E-state index in [0.29, 0.717) is 4.31 Å². The van der Waals surface area contributed by atoms with Gasteiger partial charge in [-0.3, -0.25) is 14.4 Å². The SMILES string of the molecule is NC(=O)CN(CC(N)=O)S(=O)(=O)N1CCC(C(=O)O)CC1. The number of carboxylic acids is 1. The summed E-state index contributed by atoms with van der Waals surface area (Å²) in [5, 5.41) is 8.87. The van der Waals surface area contributed by atoms with Crippen molar-refractivity contribution < 1.29 is 27.9 Å². The zero-order chi connectivity index (χ0) is 16.2. The van der Waals surface area contributed by atoms with Gasteiger partial charge in [0.25, 0.3) is 10.2 Å². The molecular formula is C10H18N4O6S. The van der Waals surface area contributed by atoms with Crippen molar-refractivity contribution in [3.05, 3.63) is 0 Å². The predicted molar refractivity (Wildman–Crippen MR) is 70.8 cm³/mol. The Labute approximate surface area is 121 Å². The fourth-order valence-electron chi connectivity index (χ4n) is 2.06. The number of amides is 2. The van der Waals surface area contributed by atoms with Gasteiger partial charge in [0.1, 0.15) is 0 Å². The maximum atomic E-state index is 12.3. The Balaban J connectivity index is 2.84. The molecular weight excluding hydrogens is 304 g/mol. The summed E-state index contributed by atoms with van der Waals surface area (Å²) < 4.78 is 26.3. The van der Waals surface area contributed by atoms with Crippen LogP contribution >= 0.6 is 0 Å². The summed E-state index contributed by atoms with van der Waals surface area (Å²) in [6.45, 7) is -1.34. The number of hydrogen-bond acceptors (Lipinski definition) is 5. The smallest absolute Gasteiger partial charge is 0.306 e. The highest BCUT2D eigenvalue weighted by Crippen LogP contribution is 2.21. The van der Waals surface area contributed by atoms with Crippen LogP contribution < -0.4 is 11.5 Å². The molecule has 0 spiro atoms. The molecule has 10 nitrogen and oxygen atoms in total. The average Bonchev–Trinajstić information content (AvgIpc) is 2.37. The third kappa shape index (κ3) is 4.65. The molecule has 1 heterocycles. The molecule has 0 aromatic heterocycles. The van der Waals surface area contributed by atoms with E-state index in [-0.39, 0.29) is 25.9 Å². The first-order valence-corrected chi connectivity index (χ1v) is 7.59. The van der Waals surface area contributed by atoms with Crippen molar-refractivity contribution in [2.45, 2.75) is 12.8 Å². The molecule has 0 atom stereocenters. The van der Waals surface area contributed by atoms with E-state index in [1.165, 1.54) is 0 Å². The van der Waals surface area contributed by atoms with E-state index < -0.39 is 47.0 Å². The molecule has 120 valence electrons. The number of nitrogens with two attached hydrogens (primary N) is 2. The zero-order valence-corrected chi connectivity index (χ0v) is 12.1. The molecule has 0 radical (unpaired) electrons. The van der Waals surface area contributed by atoms with Gasteiger partial charge in [0.05, 0.1) is 19.0 Å². The van der Waals surface area contributed by atoms with Crippen LogP contribution in [0.1, 0.15) is 12.8 Å². The summed E-state index contributed by atoms with van der Waals surface area (Å²) in [6.07, 6.45) is 0.324. The summed E-state index contributed by atoms with van der Waals surface area (Å²) in [6, 6.07) is 0. The van der Waals surface area contributed by atoms with Crippen molar-refractivity contribution in [1.82, 2.24) is 8.61 Å². The van der Waals surface area contributed by atoms with Crippen molar-refractivity contribution >= 4 is 28.0 Å². The molecule has 0 unspecified atom stereocenters. The number of nitrogens with zero attached hydrogens (tertiary/aromatic N) is 2. The monoisotopic (exact) mass is 322 g/mol. The van der Waals surface area contributed by atoms with Gasteiger partial charge in [-0.2, -0.15) is 17.0 Å². The Kier molecular flexibility index (Phi) is 5.63. The quantitative estimate of drug-likeness (QED) is 0.461. The maximum absolute atomic E-state index is 12.3. The van der Waals surface area contributed by atoms with Crippen LogP contribution in [-0.4, -0.2) is 66.1 Å². The molecule has 0 aromatic rings. The Morgan fingerprint density at radius 1 is 1.10 bits per heavy atom. The number of carbonyl (C=O) groups is 3. The highest BCUT2D eigenvalue weighted by Gasteiger charge is 2.35. The van der Waals surface area contributed by atoms with Crippen LogP contribution in [0, 0.1) is 5.92 Å². The first-order valence-electron chi connectivity index (χ1n) is 6.19. The molecule has 1 saturated heterocycles. The molecule has 11 heteroatoms. The second-order valence-electron chi connectivity index (χ2n) is 4.72. The minimum absolute atomic E-state index is 0.00662. The van der Waals surface area contributed by atoms with Gasteiger partial charge in [-0.1, -0.05) is 0 Å². The van der Waals surface area contributed by atoms with Gasteiger partial charge in [-0.05, 0) is 12.8 Å². The molecule has 2 amide bonds. The fraction of sp³-hybridized carbons (Fsp3) is 0.700. The van der Waals surface area contributed by atoms with Crippen LogP contribution in [0.4, 0.5) is 0 Å². The van der Waals surface area contributed by atoms with Gasteiger partial charge >= 0.3 is 5.97 Å². The standard InChI is InChI=1S/C10H18N4O6S/c11-8(15)5-14(6-9(12)16)21(19,20)13-3-1-7(2-4-13)10(17)18/h7H,1-6H2,(H2,11,15)(H2,12,16)(H,17,18). The second-order valence-corrected chi connectivity index (χ2v) is 6.65. The third-order valence-corrected chi connectivity index (χ3v) is 5.05. The van der Waals surface area contributed by atoms with E-state index in [4.69, 9.17) is 16.6 Å². The van der Waals surface area contributed by atoms with E-state index in [9.17, 15) is 22.8 Å². The molecule has 21 heavy (non-hydrogen) atoms. The number of piperidine rings is 1. The topological polar surface area (TPSA) is 164 Å². The number of carboxylic acid groups (broad SMARTS) is 1. The van der Waals surface area contributed by atoms with Gasteiger partial charge in [0, 0.05) is 13.1 Å². The molecule has 0 bridgehead atoms. The van der Waals surface area contributed by atoms with Gasteiger partial charge < -0.3 is 16.6 Å². The van der Waals surface area contributed by atoms with Crippen LogP contribution in [0.15, 0.2) is 0 Å². The number of rotatable bonds is 7. The van der Waals surface area contributed by atoms with Crippen LogP contribution in [0.25, 0.3) is 0 Å². The van der Waals surface area contributed by atoms with Crippen molar-refractivity contribution in [2.75, 3.05) is 26.2 Å². The highest BCUT2D eigenvalue weighted by atomic mass is 32.2. The lowest BCUT2D eigenvalue weighted by atomic mass is 9.99. The summed E-state index contributed by atoms with van der Waals surface area (Å²) in [4.78, 5) is 32.7. The molecule has 5 N–H and O–H groups in total. The van der Waals surface area contributed by atoms with E-state index in [0.717, 1.165) is 4.31 Å². The largest absolute Gasteiger partial charge is 0.481 e. The van der Waals surface area contributed by atoms with Crippen LogP contribution in [0.3, 0.4) is 0 Å². The summed E-state index contributed by atoms with van der Waals surface area (Å²) in [5.41, 5.74) is 9.93. The Bertz CT molecular complexity index is 510. The van der Waals surface area contributed by atoms with Crippen molar-refractivity contribution in [1.29, 1.82) is 0 Å². The normalized spacial score (nSPS) is 17.8. The molecule has 1 aliphatic rings. The molecule has 1 aliphatic heterocycles. The summed E-state index contributed by atoms with van der Waals surface area (Å²) >= 11 is 0. The molecule has 0 aromatic carbocycles. The minimum Gasteiger partial charge on any atom is -0.481 e. The third-order valence-electron chi connectivity index (χ3n) is 3.12. The number of hydrogen-bond donors (Lipinski definition) is 3. The first-order chi connectivity index (χ1) is 9.64. The summed E-state index contributed by atoms with van der Waals surface area (Å²) in [5.74, 6) is -3.41. The van der Waals surface area contributed by atoms with Crippen LogP contribution in [-0.2, 0) is 24.6 Å². The van der Waals surface area contributed by atoms with Crippen molar-refractivity contribution in [2.24, 2.45) is 17.4 Å². The highest BCUT2D eigenvalue weighted by molar-refractivity contribution is 7.86. The molecule has 0 aliphatic carbocycles. The zero-order valence-electron chi connectivity index (χ0n) is 11.3. The lowest BCUT2D eigenvalue weighted by Crippen LogP contribution is -2.52. The van der Waals surface area contributed by atoms with Gasteiger partial charge in [-0.15, -0.1) is 0 Å². The average molecular weight is 322 g/mol. The van der Waals surface area contributed by atoms with E-state index >= 15 is 0 Å². The number of primary amides is 2. The van der Waals surface area contributed by atoms with E-state index in [1.54, 1.807) is 0 Å². The number of carbonyl (C=O) groups excluding carboxylic acids is 2. The van der Waals surface area contributed by atoms with E-state index in [2.05, 4.69) is 0 Å².